The molecule has 0 spiro atoms. The highest BCUT2D eigenvalue weighted by atomic mass is 32.1. The molecule has 1 aliphatic heterocycles. The molecule has 0 saturated carbocycles. The summed E-state index contributed by atoms with van der Waals surface area (Å²) in [6.45, 7) is 0.695. The van der Waals surface area contributed by atoms with Crippen LogP contribution in [0.25, 0.3) is 0 Å². The maximum absolute atomic E-state index is 13.0. The van der Waals surface area contributed by atoms with E-state index in [2.05, 4.69) is 15.5 Å². The number of nitrogens with zero attached hydrogens (tertiary/aromatic N) is 3. The number of rotatable bonds is 6. The molecule has 0 bridgehead atoms. The summed E-state index contributed by atoms with van der Waals surface area (Å²) < 4.78 is 13.0. The van der Waals surface area contributed by atoms with Crippen LogP contribution in [0.5, 0.6) is 0 Å². The van der Waals surface area contributed by atoms with E-state index in [0.29, 0.717) is 24.6 Å². The lowest BCUT2D eigenvalue weighted by atomic mass is 10.1. The summed E-state index contributed by atoms with van der Waals surface area (Å²) in [5, 5.41) is 12.2. The molecule has 1 N–H and O–H groups in total. The molecule has 0 aliphatic carbocycles. The number of benzene rings is 2. The molecule has 6 nitrogen and oxygen atoms in total. The van der Waals surface area contributed by atoms with Crippen molar-refractivity contribution in [3.05, 3.63) is 76.5 Å². The van der Waals surface area contributed by atoms with Gasteiger partial charge in [-0.1, -0.05) is 53.8 Å². The average Bonchev–Trinajstić information content (AvgIpc) is 3.31. The highest BCUT2D eigenvalue weighted by molar-refractivity contribution is 7.15. The number of likely N-dealkylation sites (tertiary alicyclic amines) is 1. The Bertz CT molecular complexity index is 1010. The molecule has 1 aliphatic rings. The Morgan fingerprint density at radius 3 is 2.62 bits per heavy atom. The van der Waals surface area contributed by atoms with Gasteiger partial charge in [0.2, 0.25) is 16.9 Å². The molecule has 148 valence electrons. The first-order valence-electron chi connectivity index (χ1n) is 9.26. The van der Waals surface area contributed by atoms with Crippen molar-refractivity contribution in [1.29, 1.82) is 0 Å². The van der Waals surface area contributed by atoms with Gasteiger partial charge in [-0.15, -0.1) is 10.2 Å². The summed E-state index contributed by atoms with van der Waals surface area (Å²) in [6.07, 6.45) is 0.810. The summed E-state index contributed by atoms with van der Waals surface area (Å²) in [6, 6.07) is 15.9. The molecule has 2 amide bonds. The molecule has 4 rings (SSSR count). The molecule has 2 heterocycles. The fourth-order valence-electron chi connectivity index (χ4n) is 3.26. The maximum atomic E-state index is 13.0. The number of carbonyl (C=O) groups is 2. The van der Waals surface area contributed by atoms with Gasteiger partial charge in [-0.05, 0) is 23.3 Å². The predicted molar refractivity (Wildman–Crippen MR) is 108 cm³/mol. The topological polar surface area (TPSA) is 75.2 Å². The van der Waals surface area contributed by atoms with E-state index >= 15 is 0 Å². The third-order valence-corrected chi connectivity index (χ3v) is 5.61. The molecule has 8 heteroatoms. The number of aromatic nitrogens is 2. The number of nitrogens with one attached hydrogen (secondary N) is 1. The summed E-state index contributed by atoms with van der Waals surface area (Å²) in [5.41, 5.74) is 1.95. The molecule has 0 radical (unpaired) electrons. The molecule has 1 saturated heterocycles. The van der Waals surface area contributed by atoms with Gasteiger partial charge in [0, 0.05) is 25.9 Å². The minimum atomic E-state index is -0.440. The van der Waals surface area contributed by atoms with Crippen LogP contribution in [-0.2, 0) is 22.6 Å². The number of anilines is 1. The number of hydrogen-bond donors (Lipinski definition) is 1. The lowest BCUT2D eigenvalue weighted by Crippen LogP contribution is -2.28. The SMILES string of the molecule is O=C(Nc1nnc(Cc2ccccc2)s1)[C@@H]1CC(=O)N(Cc2ccc(F)cc2)C1. The molecule has 29 heavy (non-hydrogen) atoms. The van der Waals surface area contributed by atoms with E-state index in [1.165, 1.54) is 23.5 Å². The highest BCUT2D eigenvalue weighted by Gasteiger charge is 2.34. The largest absolute Gasteiger partial charge is 0.338 e. The van der Waals surface area contributed by atoms with Crippen molar-refractivity contribution in [2.45, 2.75) is 19.4 Å². The molecule has 2 aromatic carbocycles. The number of halogens is 1. The van der Waals surface area contributed by atoms with Crippen LogP contribution in [-0.4, -0.2) is 33.5 Å². The second-order valence-electron chi connectivity index (χ2n) is 6.95. The van der Waals surface area contributed by atoms with Crippen LogP contribution in [0.2, 0.25) is 0 Å². The van der Waals surface area contributed by atoms with Crippen molar-refractivity contribution in [3.63, 3.8) is 0 Å². The molecular formula is C21H19FN4O2S. The summed E-state index contributed by atoms with van der Waals surface area (Å²) >= 11 is 1.33. The van der Waals surface area contributed by atoms with E-state index in [9.17, 15) is 14.0 Å². The van der Waals surface area contributed by atoms with Crippen LogP contribution in [0.3, 0.4) is 0 Å². The summed E-state index contributed by atoms with van der Waals surface area (Å²) in [5.74, 6) is -1.08. The minimum Gasteiger partial charge on any atom is -0.338 e. The Morgan fingerprint density at radius 1 is 1.10 bits per heavy atom. The molecule has 1 aromatic heterocycles. The van der Waals surface area contributed by atoms with Crippen LogP contribution in [0, 0.1) is 11.7 Å². The zero-order valence-corrected chi connectivity index (χ0v) is 16.4. The summed E-state index contributed by atoms with van der Waals surface area (Å²) in [7, 11) is 0. The second-order valence-corrected chi connectivity index (χ2v) is 8.02. The van der Waals surface area contributed by atoms with Crippen molar-refractivity contribution in [2.24, 2.45) is 5.92 Å². The molecule has 0 unspecified atom stereocenters. The number of carbonyl (C=O) groups excluding carboxylic acids is 2. The van der Waals surface area contributed by atoms with Gasteiger partial charge in [0.1, 0.15) is 10.8 Å². The monoisotopic (exact) mass is 410 g/mol. The van der Waals surface area contributed by atoms with Crippen LogP contribution >= 0.6 is 11.3 Å². The van der Waals surface area contributed by atoms with Gasteiger partial charge in [-0.2, -0.15) is 0 Å². The van der Waals surface area contributed by atoms with Gasteiger partial charge in [0.25, 0.3) is 0 Å². The van der Waals surface area contributed by atoms with Gasteiger partial charge in [-0.3, -0.25) is 9.59 Å². The first kappa shape index (κ1) is 19.2. The molecule has 3 aromatic rings. The van der Waals surface area contributed by atoms with Crippen molar-refractivity contribution in [3.8, 4) is 0 Å². The van der Waals surface area contributed by atoms with Gasteiger partial charge >= 0.3 is 0 Å². The van der Waals surface area contributed by atoms with Crippen LogP contribution < -0.4 is 5.32 Å². The van der Waals surface area contributed by atoms with Crippen molar-refractivity contribution >= 4 is 28.3 Å². The first-order chi connectivity index (χ1) is 14.1. The molecule has 1 fully saturated rings. The number of hydrogen-bond acceptors (Lipinski definition) is 5. The standard InChI is InChI=1S/C21H19FN4O2S/c22-17-8-6-15(7-9-17)12-26-13-16(11-19(26)27)20(28)23-21-25-24-18(29-21)10-14-4-2-1-3-5-14/h1-9,16H,10-13H2,(H,23,25,28)/t16-/m1/s1. The zero-order valence-electron chi connectivity index (χ0n) is 15.5. The van der Waals surface area contributed by atoms with E-state index in [0.717, 1.165) is 16.1 Å². The Morgan fingerprint density at radius 2 is 1.86 bits per heavy atom. The Balaban J connectivity index is 1.33. The van der Waals surface area contributed by atoms with Gasteiger partial charge < -0.3 is 10.2 Å². The minimum absolute atomic E-state index is 0.0866. The van der Waals surface area contributed by atoms with E-state index in [1.54, 1.807) is 17.0 Å². The van der Waals surface area contributed by atoms with Crippen molar-refractivity contribution in [2.75, 3.05) is 11.9 Å². The fraction of sp³-hybridized carbons (Fsp3) is 0.238. The average molecular weight is 410 g/mol. The normalized spacial score (nSPS) is 16.2. The second kappa shape index (κ2) is 8.48. The predicted octanol–water partition coefficient (Wildman–Crippen LogP) is 3.26. The third kappa shape index (κ3) is 4.83. The highest BCUT2D eigenvalue weighted by Crippen LogP contribution is 2.24. The van der Waals surface area contributed by atoms with Crippen LogP contribution in [0.15, 0.2) is 54.6 Å². The Kier molecular flexibility index (Phi) is 5.62. The van der Waals surface area contributed by atoms with E-state index < -0.39 is 5.92 Å². The summed E-state index contributed by atoms with van der Waals surface area (Å²) in [4.78, 5) is 26.5. The van der Waals surface area contributed by atoms with E-state index in [-0.39, 0.29) is 24.1 Å². The van der Waals surface area contributed by atoms with Gasteiger partial charge in [0.15, 0.2) is 0 Å². The van der Waals surface area contributed by atoms with Gasteiger partial charge in [-0.25, -0.2) is 4.39 Å². The zero-order chi connectivity index (χ0) is 20.2. The Labute approximate surface area is 171 Å². The van der Waals surface area contributed by atoms with E-state index in [4.69, 9.17) is 0 Å². The lowest BCUT2D eigenvalue weighted by Gasteiger charge is -2.16. The van der Waals surface area contributed by atoms with Crippen LogP contribution in [0.1, 0.15) is 22.6 Å². The maximum Gasteiger partial charge on any atom is 0.231 e. The fourth-order valence-corrected chi connectivity index (χ4v) is 4.04. The molecular weight excluding hydrogens is 391 g/mol. The third-order valence-electron chi connectivity index (χ3n) is 4.77. The van der Waals surface area contributed by atoms with Crippen molar-refractivity contribution < 1.29 is 14.0 Å². The number of amides is 2. The smallest absolute Gasteiger partial charge is 0.231 e. The van der Waals surface area contributed by atoms with Crippen LogP contribution in [0.4, 0.5) is 9.52 Å². The van der Waals surface area contributed by atoms with Crippen molar-refractivity contribution in [1.82, 2.24) is 15.1 Å². The lowest BCUT2D eigenvalue weighted by molar-refractivity contribution is -0.128. The van der Waals surface area contributed by atoms with Gasteiger partial charge in [0.05, 0.1) is 5.92 Å². The first-order valence-corrected chi connectivity index (χ1v) is 10.1. The Hall–Kier alpha value is -3.13. The quantitative estimate of drug-likeness (QED) is 0.677. The van der Waals surface area contributed by atoms with E-state index in [1.807, 2.05) is 30.3 Å². The molecule has 1 atom stereocenters.